The molecule has 0 spiro atoms. The number of carbonyl (C=O) groups excluding carboxylic acids is 1. The first kappa shape index (κ1) is 17.9. The molecule has 27 heavy (non-hydrogen) atoms. The van der Waals surface area contributed by atoms with Crippen LogP contribution < -0.4 is 16.0 Å². The lowest BCUT2D eigenvalue weighted by molar-refractivity contribution is -0.383. The summed E-state index contributed by atoms with van der Waals surface area (Å²) in [6.07, 6.45) is 2.74. The van der Waals surface area contributed by atoms with Gasteiger partial charge in [-0.05, 0) is 36.4 Å². The minimum Gasteiger partial charge on any atom is -0.467 e. The molecule has 0 saturated carbocycles. The predicted octanol–water partition coefficient (Wildman–Crippen LogP) is 3.29. The van der Waals surface area contributed by atoms with Crippen LogP contribution in [-0.2, 0) is 11.3 Å². The molecular weight excluding hydrogens is 352 g/mol. The smallest absolute Gasteiger partial charge is 0.353 e. The van der Waals surface area contributed by atoms with Gasteiger partial charge in [-0.15, -0.1) is 0 Å². The van der Waals surface area contributed by atoms with E-state index in [9.17, 15) is 14.9 Å². The lowest BCUT2D eigenvalue weighted by Gasteiger charge is -2.10. The van der Waals surface area contributed by atoms with Gasteiger partial charge in [0, 0.05) is 18.3 Å². The van der Waals surface area contributed by atoms with Crippen LogP contribution in [0.4, 0.5) is 28.7 Å². The number of furan rings is 1. The molecule has 0 aliphatic heterocycles. The number of aromatic nitrogens is 2. The fraction of sp³-hybridized carbons (Fsp3) is 0.118. The largest absolute Gasteiger partial charge is 0.467 e. The Morgan fingerprint density at radius 2 is 1.85 bits per heavy atom. The number of nitrogens with one attached hydrogen (secondary N) is 3. The zero-order valence-corrected chi connectivity index (χ0v) is 14.3. The lowest BCUT2D eigenvalue weighted by atomic mass is 10.2. The van der Waals surface area contributed by atoms with E-state index in [1.807, 2.05) is 0 Å². The molecule has 10 heteroatoms. The van der Waals surface area contributed by atoms with Crippen molar-refractivity contribution in [3.8, 4) is 0 Å². The van der Waals surface area contributed by atoms with Crippen molar-refractivity contribution in [3.63, 3.8) is 0 Å². The lowest BCUT2D eigenvalue weighted by Crippen LogP contribution is -2.08. The molecule has 0 aliphatic rings. The molecule has 2 aromatic heterocycles. The van der Waals surface area contributed by atoms with Gasteiger partial charge in [0.15, 0.2) is 0 Å². The van der Waals surface area contributed by atoms with E-state index in [4.69, 9.17) is 4.42 Å². The molecule has 3 rings (SSSR count). The number of hydrogen-bond donors (Lipinski definition) is 3. The third kappa shape index (κ3) is 4.57. The molecule has 0 fully saturated rings. The van der Waals surface area contributed by atoms with Crippen molar-refractivity contribution < 1.29 is 14.1 Å². The van der Waals surface area contributed by atoms with Crippen LogP contribution >= 0.6 is 0 Å². The van der Waals surface area contributed by atoms with Gasteiger partial charge in [-0.3, -0.25) is 14.9 Å². The Bertz CT molecular complexity index is 941. The molecule has 0 saturated heterocycles. The van der Waals surface area contributed by atoms with Crippen molar-refractivity contribution in [1.29, 1.82) is 0 Å². The van der Waals surface area contributed by atoms with Gasteiger partial charge in [0.1, 0.15) is 12.1 Å². The average Bonchev–Trinajstić information content (AvgIpc) is 3.14. The number of benzene rings is 1. The molecule has 1 aromatic carbocycles. The first-order valence-corrected chi connectivity index (χ1v) is 7.93. The second-order valence-electron chi connectivity index (χ2n) is 5.49. The summed E-state index contributed by atoms with van der Waals surface area (Å²) in [5, 5.41) is 20.0. The number of amides is 1. The first-order valence-electron chi connectivity index (χ1n) is 7.93. The Labute approximate surface area is 153 Å². The van der Waals surface area contributed by atoms with Crippen LogP contribution in [0, 0.1) is 10.1 Å². The summed E-state index contributed by atoms with van der Waals surface area (Å²) in [6.45, 7) is 1.66. The second kappa shape index (κ2) is 7.95. The van der Waals surface area contributed by atoms with E-state index >= 15 is 0 Å². The summed E-state index contributed by atoms with van der Waals surface area (Å²) in [6, 6.07) is 10.2. The maximum atomic E-state index is 11.5. The van der Waals surface area contributed by atoms with Crippen molar-refractivity contribution in [2.45, 2.75) is 13.5 Å². The van der Waals surface area contributed by atoms with E-state index in [-0.39, 0.29) is 29.8 Å². The number of nitro groups is 1. The van der Waals surface area contributed by atoms with Gasteiger partial charge in [0.25, 0.3) is 0 Å². The maximum Gasteiger partial charge on any atom is 0.353 e. The number of carbonyl (C=O) groups is 1. The van der Waals surface area contributed by atoms with Gasteiger partial charge in [-0.25, -0.2) is 9.97 Å². The van der Waals surface area contributed by atoms with Crippen LogP contribution in [0.1, 0.15) is 12.7 Å². The first-order chi connectivity index (χ1) is 13.0. The third-order valence-corrected chi connectivity index (χ3v) is 3.48. The highest BCUT2D eigenvalue weighted by atomic mass is 16.6. The number of rotatable bonds is 7. The summed E-state index contributed by atoms with van der Waals surface area (Å²) in [4.78, 5) is 30.0. The molecular formula is C17H16N6O4. The van der Waals surface area contributed by atoms with Gasteiger partial charge >= 0.3 is 5.69 Å². The summed E-state index contributed by atoms with van der Waals surface area (Å²) >= 11 is 0. The predicted molar refractivity (Wildman–Crippen MR) is 98.7 cm³/mol. The van der Waals surface area contributed by atoms with Crippen molar-refractivity contribution in [3.05, 3.63) is 64.9 Å². The van der Waals surface area contributed by atoms with Crippen molar-refractivity contribution >= 4 is 34.6 Å². The van der Waals surface area contributed by atoms with E-state index in [1.54, 1.807) is 36.4 Å². The van der Waals surface area contributed by atoms with Crippen LogP contribution in [0.2, 0.25) is 0 Å². The molecule has 0 radical (unpaired) electrons. The monoisotopic (exact) mass is 368 g/mol. The molecule has 138 valence electrons. The zero-order chi connectivity index (χ0) is 19.2. The van der Waals surface area contributed by atoms with Crippen LogP contribution in [0.5, 0.6) is 0 Å². The van der Waals surface area contributed by atoms with Crippen LogP contribution in [-0.4, -0.2) is 20.8 Å². The number of anilines is 4. The quantitative estimate of drug-likeness (QED) is 0.427. The topological polar surface area (TPSA) is 135 Å². The minimum atomic E-state index is -0.557. The normalized spacial score (nSPS) is 10.3. The van der Waals surface area contributed by atoms with Gasteiger partial charge in [0.2, 0.25) is 17.5 Å². The standard InChI is InChI=1S/C17H16N6O4/c1-11(24)21-12-4-6-13(7-5-12)22-17-15(23(25)26)16(19-10-20-17)18-9-14-3-2-8-27-14/h2-8,10H,9H2,1H3,(H,21,24)(H2,18,19,20,22). The SMILES string of the molecule is CC(=O)Nc1ccc(Nc2ncnc(NCc3ccco3)c2[N+](=O)[O-])cc1. The van der Waals surface area contributed by atoms with E-state index in [2.05, 4.69) is 25.9 Å². The molecule has 0 unspecified atom stereocenters. The van der Waals surface area contributed by atoms with E-state index in [1.165, 1.54) is 19.5 Å². The molecule has 10 nitrogen and oxygen atoms in total. The van der Waals surface area contributed by atoms with Crippen molar-refractivity contribution in [2.24, 2.45) is 0 Å². The van der Waals surface area contributed by atoms with Gasteiger partial charge in [0.05, 0.1) is 17.7 Å². The minimum absolute atomic E-state index is 0.0456. The Morgan fingerprint density at radius 3 is 2.48 bits per heavy atom. The number of nitrogens with zero attached hydrogens (tertiary/aromatic N) is 3. The molecule has 1 amide bonds. The molecule has 0 bridgehead atoms. The van der Waals surface area contributed by atoms with Gasteiger partial charge in [-0.2, -0.15) is 0 Å². The van der Waals surface area contributed by atoms with Crippen molar-refractivity contribution in [2.75, 3.05) is 16.0 Å². The van der Waals surface area contributed by atoms with Crippen LogP contribution in [0.3, 0.4) is 0 Å². The van der Waals surface area contributed by atoms with E-state index < -0.39 is 4.92 Å². The highest BCUT2D eigenvalue weighted by molar-refractivity contribution is 5.89. The van der Waals surface area contributed by atoms with Gasteiger partial charge < -0.3 is 20.4 Å². The Kier molecular flexibility index (Phi) is 5.26. The summed E-state index contributed by atoms with van der Waals surface area (Å²) < 4.78 is 5.20. The second-order valence-corrected chi connectivity index (χ2v) is 5.49. The van der Waals surface area contributed by atoms with Crippen LogP contribution in [0.25, 0.3) is 0 Å². The third-order valence-electron chi connectivity index (χ3n) is 3.48. The maximum absolute atomic E-state index is 11.5. The van der Waals surface area contributed by atoms with Crippen LogP contribution in [0.15, 0.2) is 53.4 Å². The molecule has 3 N–H and O–H groups in total. The molecule has 0 aliphatic carbocycles. The molecule has 0 atom stereocenters. The van der Waals surface area contributed by atoms with Crippen molar-refractivity contribution in [1.82, 2.24) is 9.97 Å². The molecule has 2 heterocycles. The highest BCUT2D eigenvalue weighted by Gasteiger charge is 2.23. The average molecular weight is 368 g/mol. The van der Waals surface area contributed by atoms with E-state index in [0.29, 0.717) is 17.1 Å². The Hall–Kier alpha value is -3.95. The summed E-state index contributed by atoms with van der Waals surface area (Å²) in [7, 11) is 0. The number of hydrogen-bond acceptors (Lipinski definition) is 8. The fourth-order valence-corrected chi connectivity index (χ4v) is 2.33. The molecule has 3 aromatic rings. The highest BCUT2D eigenvalue weighted by Crippen LogP contribution is 2.31. The summed E-state index contributed by atoms with van der Waals surface area (Å²) in [5.41, 5.74) is 0.906. The summed E-state index contributed by atoms with van der Waals surface area (Å²) in [5.74, 6) is 0.549. The Morgan fingerprint density at radius 1 is 1.15 bits per heavy atom. The van der Waals surface area contributed by atoms with E-state index in [0.717, 1.165) is 0 Å². The zero-order valence-electron chi connectivity index (χ0n) is 14.3. The van der Waals surface area contributed by atoms with Gasteiger partial charge in [-0.1, -0.05) is 0 Å². The Balaban J connectivity index is 1.81. The fourth-order valence-electron chi connectivity index (χ4n) is 2.33.